The van der Waals surface area contributed by atoms with Crippen LogP contribution in [0.4, 0.5) is 5.69 Å². The lowest BCUT2D eigenvalue weighted by Gasteiger charge is -2.28. The average Bonchev–Trinajstić information content (AvgIpc) is 3.17. The Labute approximate surface area is 198 Å². The number of rotatable bonds is 8. The predicted octanol–water partition coefficient (Wildman–Crippen LogP) is 3.77. The minimum absolute atomic E-state index is 0.00503. The molecule has 1 amide bonds. The molecule has 2 N–H and O–H groups in total. The van der Waals surface area contributed by atoms with E-state index < -0.39 is 0 Å². The standard InChI is InChI=1S/C26H31N3O5/c1-16-7-10-19(14-23(16)34-3)27-25(31)17-8-11-20(12-9-17)29-22-6-4-5-18(13-21(30)15-33-2)24(22)28-26(29)32/h4-7,10,14,17,20H,8-9,11-13,15H2,1-3H3,(H,27,31)(H,28,32). The maximum Gasteiger partial charge on any atom is 0.326 e. The molecule has 2 aromatic carbocycles. The van der Waals surface area contributed by atoms with Gasteiger partial charge in [-0.15, -0.1) is 0 Å². The van der Waals surface area contributed by atoms with Crippen molar-refractivity contribution in [3.05, 3.63) is 58.0 Å². The number of Topliss-reactive ketones (excluding diaryl/α,β-unsaturated/α-hetero) is 1. The monoisotopic (exact) mass is 465 g/mol. The molecule has 4 rings (SSSR count). The van der Waals surface area contributed by atoms with Gasteiger partial charge in [0.15, 0.2) is 5.78 Å². The van der Waals surface area contributed by atoms with Gasteiger partial charge in [0.1, 0.15) is 12.4 Å². The van der Waals surface area contributed by atoms with Crippen molar-refractivity contribution < 1.29 is 19.1 Å². The second-order valence-corrected chi connectivity index (χ2v) is 8.94. The lowest BCUT2D eigenvalue weighted by atomic mass is 9.85. The number of ketones is 1. The van der Waals surface area contributed by atoms with Crippen molar-refractivity contribution in [1.82, 2.24) is 9.55 Å². The molecule has 0 atom stereocenters. The van der Waals surface area contributed by atoms with Crippen LogP contribution in [0, 0.1) is 12.8 Å². The van der Waals surface area contributed by atoms with Gasteiger partial charge in [0.25, 0.3) is 0 Å². The van der Waals surface area contributed by atoms with Crippen LogP contribution in [0.25, 0.3) is 11.0 Å². The van der Waals surface area contributed by atoms with E-state index in [0.717, 1.165) is 40.9 Å². The molecule has 0 spiro atoms. The Morgan fingerprint density at radius 1 is 1.12 bits per heavy atom. The summed E-state index contributed by atoms with van der Waals surface area (Å²) in [7, 11) is 3.10. The van der Waals surface area contributed by atoms with Crippen molar-refractivity contribution in [1.29, 1.82) is 0 Å². The number of anilines is 1. The first kappa shape index (κ1) is 23.8. The van der Waals surface area contributed by atoms with Crippen LogP contribution in [0.3, 0.4) is 0 Å². The highest BCUT2D eigenvalue weighted by molar-refractivity contribution is 5.93. The molecule has 1 saturated carbocycles. The van der Waals surface area contributed by atoms with Gasteiger partial charge >= 0.3 is 5.69 Å². The van der Waals surface area contributed by atoms with Crippen molar-refractivity contribution >= 4 is 28.4 Å². The van der Waals surface area contributed by atoms with Crippen LogP contribution in [-0.4, -0.2) is 42.1 Å². The number of carbonyl (C=O) groups is 2. The van der Waals surface area contributed by atoms with Gasteiger partial charge < -0.3 is 19.8 Å². The number of H-pyrrole nitrogens is 1. The second-order valence-electron chi connectivity index (χ2n) is 8.94. The molecule has 1 fully saturated rings. The smallest absolute Gasteiger partial charge is 0.326 e. The topological polar surface area (TPSA) is 102 Å². The van der Waals surface area contributed by atoms with E-state index in [9.17, 15) is 14.4 Å². The number of aryl methyl sites for hydroxylation is 1. The van der Waals surface area contributed by atoms with E-state index in [4.69, 9.17) is 9.47 Å². The first-order valence-corrected chi connectivity index (χ1v) is 11.6. The highest BCUT2D eigenvalue weighted by atomic mass is 16.5. The Hall–Kier alpha value is -3.39. The fourth-order valence-corrected chi connectivity index (χ4v) is 4.88. The maximum absolute atomic E-state index is 12.9. The molecule has 0 aliphatic heterocycles. The lowest BCUT2D eigenvalue weighted by Crippen LogP contribution is -2.31. The van der Waals surface area contributed by atoms with Gasteiger partial charge in [-0.1, -0.05) is 18.2 Å². The molecule has 0 radical (unpaired) electrons. The van der Waals surface area contributed by atoms with Crippen LogP contribution >= 0.6 is 0 Å². The number of nitrogens with zero attached hydrogens (tertiary/aromatic N) is 1. The zero-order chi connectivity index (χ0) is 24.2. The number of hydrogen-bond donors (Lipinski definition) is 2. The number of fused-ring (bicyclic) bond motifs is 1. The van der Waals surface area contributed by atoms with Crippen molar-refractivity contribution in [2.24, 2.45) is 5.92 Å². The first-order valence-electron chi connectivity index (χ1n) is 11.6. The van der Waals surface area contributed by atoms with Crippen molar-refractivity contribution in [2.75, 3.05) is 26.1 Å². The van der Waals surface area contributed by atoms with Gasteiger partial charge in [-0.2, -0.15) is 0 Å². The Bertz CT molecular complexity index is 1250. The van der Waals surface area contributed by atoms with Crippen molar-refractivity contribution in [2.45, 2.75) is 45.1 Å². The van der Waals surface area contributed by atoms with Crippen LogP contribution < -0.4 is 15.7 Å². The van der Waals surface area contributed by atoms with E-state index in [1.807, 2.05) is 43.3 Å². The SMILES string of the molecule is COCC(=O)Cc1cccc2c1[nH]c(=O)n2C1CCC(C(=O)Nc2ccc(C)c(OC)c2)CC1. The van der Waals surface area contributed by atoms with E-state index in [-0.39, 0.29) is 42.4 Å². The van der Waals surface area contributed by atoms with E-state index in [1.54, 1.807) is 11.7 Å². The third-order valence-electron chi connectivity index (χ3n) is 6.64. The summed E-state index contributed by atoms with van der Waals surface area (Å²) in [5.74, 6) is 0.589. The Morgan fingerprint density at radius 3 is 2.59 bits per heavy atom. The number of imidazole rings is 1. The van der Waals surface area contributed by atoms with Crippen molar-refractivity contribution in [3.8, 4) is 5.75 Å². The fraction of sp³-hybridized carbons (Fsp3) is 0.423. The predicted molar refractivity (Wildman–Crippen MR) is 131 cm³/mol. The van der Waals surface area contributed by atoms with Crippen LogP contribution in [0.5, 0.6) is 5.75 Å². The largest absolute Gasteiger partial charge is 0.496 e. The number of para-hydroxylation sites is 1. The molecule has 1 heterocycles. The quantitative estimate of drug-likeness (QED) is 0.527. The molecular weight excluding hydrogens is 434 g/mol. The first-order chi connectivity index (χ1) is 16.4. The third kappa shape index (κ3) is 4.92. The lowest BCUT2D eigenvalue weighted by molar-refractivity contribution is -0.122. The minimum Gasteiger partial charge on any atom is -0.496 e. The van der Waals surface area contributed by atoms with Gasteiger partial charge in [0.2, 0.25) is 5.91 Å². The molecule has 0 unspecified atom stereocenters. The number of carbonyl (C=O) groups excluding carboxylic acids is 2. The fourth-order valence-electron chi connectivity index (χ4n) is 4.88. The van der Waals surface area contributed by atoms with E-state index in [1.165, 1.54) is 7.11 Å². The van der Waals surface area contributed by atoms with Crippen LogP contribution in [0.15, 0.2) is 41.2 Å². The van der Waals surface area contributed by atoms with Crippen LogP contribution in [0.2, 0.25) is 0 Å². The normalized spacial score (nSPS) is 18.1. The summed E-state index contributed by atoms with van der Waals surface area (Å²) in [4.78, 5) is 40.7. The zero-order valence-corrected chi connectivity index (χ0v) is 19.8. The minimum atomic E-state index is -0.179. The number of hydrogen-bond acceptors (Lipinski definition) is 5. The number of nitrogens with one attached hydrogen (secondary N) is 2. The highest BCUT2D eigenvalue weighted by Gasteiger charge is 2.29. The molecule has 0 saturated heterocycles. The molecule has 1 aliphatic rings. The molecule has 1 aliphatic carbocycles. The Balaban J connectivity index is 1.45. The molecular formula is C26H31N3O5. The summed E-state index contributed by atoms with van der Waals surface area (Å²) >= 11 is 0. The average molecular weight is 466 g/mol. The molecule has 1 aromatic heterocycles. The number of amides is 1. The zero-order valence-electron chi connectivity index (χ0n) is 19.8. The van der Waals surface area contributed by atoms with Gasteiger partial charge in [0, 0.05) is 37.2 Å². The maximum atomic E-state index is 12.9. The number of aromatic nitrogens is 2. The van der Waals surface area contributed by atoms with Gasteiger partial charge in [-0.25, -0.2) is 4.79 Å². The summed E-state index contributed by atoms with van der Waals surface area (Å²) in [6, 6.07) is 11.3. The molecule has 8 nitrogen and oxygen atoms in total. The summed E-state index contributed by atoms with van der Waals surface area (Å²) < 4.78 is 12.1. The summed E-state index contributed by atoms with van der Waals surface area (Å²) in [6.45, 7) is 2.00. The Morgan fingerprint density at radius 2 is 1.88 bits per heavy atom. The molecule has 8 heteroatoms. The van der Waals surface area contributed by atoms with Crippen LogP contribution in [0.1, 0.15) is 42.9 Å². The van der Waals surface area contributed by atoms with E-state index in [0.29, 0.717) is 18.4 Å². The number of aromatic amines is 1. The number of methoxy groups -OCH3 is 2. The number of ether oxygens (including phenoxy) is 2. The molecule has 0 bridgehead atoms. The number of benzene rings is 2. The summed E-state index contributed by atoms with van der Waals surface area (Å²) in [6.07, 6.45) is 3.07. The van der Waals surface area contributed by atoms with Crippen LogP contribution in [-0.2, 0) is 20.7 Å². The van der Waals surface area contributed by atoms with Crippen molar-refractivity contribution in [3.63, 3.8) is 0 Å². The van der Waals surface area contributed by atoms with Gasteiger partial charge in [-0.05, 0) is 55.9 Å². The molecule has 34 heavy (non-hydrogen) atoms. The molecule has 3 aromatic rings. The summed E-state index contributed by atoms with van der Waals surface area (Å²) in [5, 5.41) is 3.00. The second kappa shape index (κ2) is 10.3. The van der Waals surface area contributed by atoms with E-state index in [2.05, 4.69) is 10.3 Å². The molecule has 180 valence electrons. The summed E-state index contributed by atoms with van der Waals surface area (Å²) in [5.41, 5.74) is 3.84. The highest BCUT2D eigenvalue weighted by Crippen LogP contribution is 2.34. The van der Waals surface area contributed by atoms with E-state index >= 15 is 0 Å². The Kier molecular flexibility index (Phi) is 7.17. The van der Waals surface area contributed by atoms with Gasteiger partial charge in [0.05, 0.1) is 18.1 Å². The third-order valence-corrected chi connectivity index (χ3v) is 6.64. The van der Waals surface area contributed by atoms with Gasteiger partial charge in [-0.3, -0.25) is 14.2 Å².